The van der Waals surface area contributed by atoms with E-state index in [1.165, 1.54) is 18.3 Å². The van der Waals surface area contributed by atoms with Crippen molar-refractivity contribution in [3.8, 4) is 5.75 Å². The topological polar surface area (TPSA) is 63.2 Å². The first-order valence-corrected chi connectivity index (χ1v) is 8.75. The van der Waals surface area contributed by atoms with Crippen molar-refractivity contribution in [1.29, 1.82) is 0 Å². The van der Waals surface area contributed by atoms with Crippen molar-refractivity contribution in [2.24, 2.45) is 0 Å². The van der Waals surface area contributed by atoms with Crippen molar-refractivity contribution in [2.75, 3.05) is 6.61 Å². The Labute approximate surface area is 163 Å². The number of aromatic nitrogens is 1. The van der Waals surface area contributed by atoms with Crippen LogP contribution >= 0.6 is 11.6 Å². The van der Waals surface area contributed by atoms with Crippen LogP contribution in [0, 0.1) is 0 Å². The van der Waals surface area contributed by atoms with Gasteiger partial charge in [0.1, 0.15) is 5.75 Å². The fraction of sp³-hybridized carbons (Fsp3) is 0.263. The summed E-state index contributed by atoms with van der Waals surface area (Å²) in [5, 5.41) is 7.35. The highest BCUT2D eigenvalue weighted by Gasteiger charge is 2.35. The van der Waals surface area contributed by atoms with Gasteiger partial charge in [-0.1, -0.05) is 35.9 Å². The molecule has 5 nitrogen and oxygen atoms in total. The summed E-state index contributed by atoms with van der Waals surface area (Å²) in [5.41, 5.74) is 0.452. The van der Waals surface area contributed by atoms with E-state index in [1.807, 2.05) is 24.3 Å². The summed E-state index contributed by atoms with van der Waals surface area (Å²) in [5.74, 6) is -0.492. The number of rotatable bonds is 5. The first kappa shape index (κ1) is 20.0. The summed E-state index contributed by atoms with van der Waals surface area (Å²) in [4.78, 5) is 15.2. The fourth-order valence-corrected chi connectivity index (χ4v) is 2.84. The van der Waals surface area contributed by atoms with Crippen LogP contribution in [-0.2, 0) is 4.79 Å². The molecular weight excluding hydrogens is 395 g/mol. The minimum atomic E-state index is -4.42. The van der Waals surface area contributed by atoms with Gasteiger partial charge < -0.3 is 15.4 Å². The number of hydrogen-bond donors (Lipinski definition) is 2. The number of hydrogen-bond acceptors (Lipinski definition) is 4. The Hall–Kier alpha value is -2.74. The Morgan fingerprint density at radius 2 is 2.00 bits per heavy atom. The first-order valence-electron chi connectivity index (χ1n) is 8.37. The number of amides is 1. The van der Waals surface area contributed by atoms with E-state index in [1.54, 1.807) is 19.2 Å². The highest BCUT2D eigenvalue weighted by molar-refractivity contribution is 6.39. The molecule has 0 bridgehead atoms. The molecule has 2 aromatic rings. The average Bonchev–Trinajstić information content (AvgIpc) is 2.66. The molecule has 0 fully saturated rings. The molecule has 1 unspecified atom stereocenters. The largest absolute Gasteiger partial charge is 0.483 e. The van der Waals surface area contributed by atoms with Crippen molar-refractivity contribution in [3.63, 3.8) is 0 Å². The number of alkyl halides is 4. The van der Waals surface area contributed by atoms with Crippen LogP contribution in [0.15, 0.2) is 42.6 Å². The fourth-order valence-electron chi connectivity index (χ4n) is 2.62. The SMILES string of the molecule is CC(NC(=O)[C@]1(Cl)C=c2ccccc2=CN1)c1ccc(OCC(F)(F)F)cn1. The first-order chi connectivity index (χ1) is 13.2. The highest BCUT2D eigenvalue weighted by atomic mass is 35.5. The van der Waals surface area contributed by atoms with Crippen LogP contribution in [0.2, 0.25) is 0 Å². The molecule has 1 aromatic carbocycles. The third-order valence-electron chi connectivity index (χ3n) is 4.07. The summed E-state index contributed by atoms with van der Waals surface area (Å²) in [6.07, 6.45) is 0.0357. The molecule has 2 atom stereocenters. The lowest BCUT2D eigenvalue weighted by Crippen LogP contribution is -2.54. The third-order valence-corrected chi connectivity index (χ3v) is 4.46. The molecule has 9 heteroatoms. The van der Waals surface area contributed by atoms with E-state index in [4.69, 9.17) is 11.6 Å². The van der Waals surface area contributed by atoms with E-state index < -0.39 is 29.7 Å². The van der Waals surface area contributed by atoms with Gasteiger partial charge in [0.25, 0.3) is 5.91 Å². The van der Waals surface area contributed by atoms with Gasteiger partial charge in [0, 0.05) is 6.20 Å². The van der Waals surface area contributed by atoms with Gasteiger partial charge in [-0.25, -0.2) is 0 Å². The number of benzene rings is 1. The number of carbonyl (C=O) groups excluding carboxylic acids is 1. The third kappa shape index (κ3) is 4.75. The normalized spacial score (nSPS) is 19.3. The molecule has 0 aliphatic carbocycles. The zero-order valence-corrected chi connectivity index (χ0v) is 15.5. The molecule has 0 saturated heterocycles. The predicted molar refractivity (Wildman–Crippen MR) is 98.7 cm³/mol. The van der Waals surface area contributed by atoms with E-state index in [0.717, 1.165) is 10.4 Å². The lowest BCUT2D eigenvalue weighted by atomic mass is 10.1. The average molecular weight is 412 g/mol. The second-order valence-electron chi connectivity index (χ2n) is 6.29. The summed E-state index contributed by atoms with van der Waals surface area (Å²) >= 11 is 6.44. The summed E-state index contributed by atoms with van der Waals surface area (Å²) in [6.45, 7) is 0.297. The number of halogens is 4. The number of pyridine rings is 1. The minimum Gasteiger partial charge on any atom is -0.483 e. The number of nitrogens with zero attached hydrogens (tertiary/aromatic N) is 1. The zero-order chi connectivity index (χ0) is 20.4. The van der Waals surface area contributed by atoms with Crippen LogP contribution in [0.5, 0.6) is 5.75 Å². The molecular formula is C19H17ClF3N3O2. The second-order valence-corrected chi connectivity index (χ2v) is 6.89. The molecule has 0 saturated carbocycles. The van der Waals surface area contributed by atoms with Gasteiger partial charge in [0.05, 0.1) is 17.9 Å². The van der Waals surface area contributed by atoms with Crippen LogP contribution in [0.25, 0.3) is 12.3 Å². The van der Waals surface area contributed by atoms with Gasteiger partial charge in [0.15, 0.2) is 6.61 Å². The van der Waals surface area contributed by atoms with E-state index >= 15 is 0 Å². The Kier molecular flexibility index (Phi) is 5.51. The number of fused-ring (bicyclic) bond motifs is 1. The highest BCUT2D eigenvalue weighted by Crippen LogP contribution is 2.21. The molecule has 1 amide bonds. The Bertz CT molecular complexity index is 979. The molecule has 2 heterocycles. The minimum absolute atomic E-state index is 0.0121. The monoisotopic (exact) mass is 411 g/mol. The van der Waals surface area contributed by atoms with E-state index in [-0.39, 0.29) is 5.75 Å². The molecule has 2 N–H and O–H groups in total. The number of nitrogens with one attached hydrogen (secondary N) is 2. The maximum atomic E-state index is 12.7. The Morgan fingerprint density at radius 3 is 2.64 bits per heavy atom. The van der Waals surface area contributed by atoms with Gasteiger partial charge >= 0.3 is 6.18 Å². The lowest BCUT2D eigenvalue weighted by molar-refractivity contribution is -0.153. The summed E-state index contributed by atoms with van der Waals surface area (Å²) < 4.78 is 41.2. The quantitative estimate of drug-likeness (QED) is 0.583. The molecule has 28 heavy (non-hydrogen) atoms. The van der Waals surface area contributed by atoms with Gasteiger partial charge in [-0.3, -0.25) is 9.78 Å². The summed E-state index contributed by atoms with van der Waals surface area (Å²) in [6, 6.07) is 9.79. The van der Waals surface area contributed by atoms with E-state index in [0.29, 0.717) is 5.69 Å². The maximum Gasteiger partial charge on any atom is 0.422 e. The molecule has 1 aliphatic rings. The summed E-state index contributed by atoms with van der Waals surface area (Å²) in [7, 11) is 0. The van der Waals surface area contributed by atoms with Crippen molar-refractivity contribution in [3.05, 3.63) is 58.7 Å². The molecule has 0 spiro atoms. The van der Waals surface area contributed by atoms with Crippen LogP contribution < -0.4 is 25.8 Å². The van der Waals surface area contributed by atoms with Crippen LogP contribution in [0.4, 0.5) is 13.2 Å². The van der Waals surface area contributed by atoms with E-state index in [2.05, 4.69) is 20.4 Å². The molecule has 148 valence electrons. The van der Waals surface area contributed by atoms with Gasteiger partial charge in [0.2, 0.25) is 5.00 Å². The zero-order valence-electron chi connectivity index (χ0n) is 14.8. The maximum absolute atomic E-state index is 12.7. The lowest BCUT2D eigenvalue weighted by Gasteiger charge is -2.27. The molecule has 1 aromatic heterocycles. The molecule has 3 rings (SSSR count). The van der Waals surface area contributed by atoms with Crippen molar-refractivity contribution >= 4 is 29.8 Å². The Morgan fingerprint density at radius 1 is 1.29 bits per heavy atom. The van der Waals surface area contributed by atoms with Crippen molar-refractivity contribution in [1.82, 2.24) is 15.6 Å². The number of ether oxygens (including phenoxy) is 1. The van der Waals surface area contributed by atoms with Gasteiger partial charge in [-0.05, 0) is 35.6 Å². The standard InChI is InChI=1S/C19H17ClF3N3O2/c1-12(16-7-6-15(10-24-16)28-11-19(21,22)23)26-17(27)18(20)8-13-4-2-3-5-14(13)9-25-18/h2-10,12,25H,11H2,1H3,(H,26,27)/t12?,18-/m0/s1. The number of carbonyl (C=O) groups is 1. The van der Waals surface area contributed by atoms with Crippen molar-refractivity contribution < 1.29 is 22.7 Å². The van der Waals surface area contributed by atoms with Crippen LogP contribution in [0.3, 0.4) is 0 Å². The molecule has 1 aliphatic heterocycles. The molecule has 0 radical (unpaired) electrons. The smallest absolute Gasteiger partial charge is 0.422 e. The Balaban J connectivity index is 1.66. The van der Waals surface area contributed by atoms with Gasteiger partial charge in [-0.15, -0.1) is 0 Å². The van der Waals surface area contributed by atoms with Crippen LogP contribution in [-0.4, -0.2) is 28.7 Å². The van der Waals surface area contributed by atoms with Gasteiger partial charge in [-0.2, -0.15) is 13.2 Å². The van der Waals surface area contributed by atoms with Crippen LogP contribution in [0.1, 0.15) is 18.7 Å². The van der Waals surface area contributed by atoms with E-state index in [9.17, 15) is 18.0 Å². The second kappa shape index (κ2) is 7.71. The van der Waals surface area contributed by atoms with Crippen molar-refractivity contribution in [2.45, 2.75) is 24.1 Å². The predicted octanol–water partition coefficient (Wildman–Crippen LogP) is 1.96.